The first-order valence-electron chi connectivity index (χ1n) is 10.3. The molecule has 0 bridgehead atoms. The van der Waals surface area contributed by atoms with Gasteiger partial charge in [0, 0.05) is 6.42 Å². The molecule has 0 nitrogen and oxygen atoms in total. The molecule has 31 heavy (non-hydrogen) atoms. The van der Waals surface area contributed by atoms with Crippen molar-refractivity contribution in [3.05, 3.63) is 91.0 Å². The Labute approximate surface area is 180 Å². The summed E-state index contributed by atoms with van der Waals surface area (Å²) in [6, 6.07) is 30.3. The summed E-state index contributed by atoms with van der Waals surface area (Å²) in [7, 11) is -2.08. The van der Waals surface area contributed by atoms with Gasteiger partial charge in [-0.25, -0.2) is 0 Å². The minimum absolute atomic E-state index is 0.162. The molecule has 3 rings (SSSR count). The van der Waals surface area contributed by atoms with Gasteiger partial charge < -0.3 is 0 Å². The quantitative estimate of drug-likeness (QED) is 0.192. The summed E-state index contributed by atoms with van der Waals surface area (Å²) in [6.07, 6.45) is -5.21. The molecular formula is C25H25F5P+. The molecule has 0 amide bonds. The first kappa shape index (κ1) is 23.4. The fourth-order valence-corrected chi connectivity index (χ4v) is 8.31. The SMILES string of the molecule is FC(F)(F)C(F)(F)CCCCC[P+](c1ccccc1)(c1ccccc1)c1ccccc1. The van der Waals surface area contributed by atoms with Gasteiger partial charge in [-0.1, -0.05) is 54.6 Å². The molecule has 0 aliphatic heterocycles. The zero-order valence-corrected chi connectivity index (χ0v) is 17.9. The van der Waals surface area contributed by atoms with Crippen LogP contribution in [0.15, 0.2) is 91.0 Å². The van der Waals surface area contributed by atoms with Gasteiger partial charge in [-0.2, -0.15) is 22.0 Å². The highest BCUT2D eigenvalue weighted by atomic mass is 31.2. The molecule has 0 aromatic heterocycles. The Bertz CT molecular complexity index is 828. The summed E-state index contributed by atoms with van der Waals surface area (Å²) in [5.41, 5.74) is 0. The van der Waals surface area contributed by atoms with Crippen molar-refractivity contribution in [3.63, 3.8) is 0 Å². The number of halogens is 5. The molecule has 0 spiro atoms. The Hall–Kier alpha value is -2.26. The lowest BCUT2D eigenvalue weighted by Gasteiger charge is -2.28. The van der Waals surface area contributed by atoms with Crippen LogP contribution < -0.4 is 15.9 Å². The highest BCUT2D eigenvalue weighted by Gasteiger charge is 2.56. The Kier molecular flexibility index (Phi) is 7.48. The van der Waals surface area contributed by atoms with E-state index in [0.717, 1.165) is 0 Å². The van der Waals surface area contributed by atoms with Gasteiger partial charge in [0.1, 0.15) is 23.2 Å². The molecule has 0 fully saturated rings. The second-order valence-corrected chi connectivity index (χ2v) is 11.2. The van der Waals surface area contributed by atoms with Gasteiger partial charge in [0.25, 0.3) is 0 Å². The van der Waals surface area contributed by atoms with Crippen molar-refractivity contribution in [2.75, 3.05) is 6.16 Å². The van der Waals surface area contributed by atoms with Crippen molar-refractivity contribution in [2.24, 2.45) is 0 Å². The standard InChI is InChI=1S/C25H25F5P/c26-24(27,25(28,29)30)19-11-4-12-20-31(21-13-5-1-6-14-21,22-15-7-2-8-16-22)23-17-9-3-10-18-23/h1-3,5-10,13-18H,4,11-12,19-20H2/q+1. The largest absolute Gasteiger partial charge is 0.453 e. The van der Waals surface area contributed by atoms with E-state index in [1.807, 2.05) is 54.6 Å². The van der Waals surface area contributed by atoms with Crippen molar-refractivity contribution >= 4 is 23.2 Å². The molecule has 0 heterocycles. The zero-order chi connectivity index (χ0) is 22.4. The van der Waals surface area contributed by atoms with E-state index in [9.17, 15) is 22.0 Å². The van der Waals surface area contributed by atoms with Crippen molar-refractivity contribution in [2.45, 2.75) is 37.8 Å². The summed E-state index contributed by atoms with van der Waals surface area (Å²) in [6.45, 7) is 0. The van der Waals surface area contributed by atoms with E-state index < -0.39 is 25.8 Å². The maximum Gasteiger partial charge on any atom is 0.453 e. The monoisotopic (exact) mass is 451 g/mol. The predicted octanol–water partition coefficient (Wildman–Crippen LogP) is 6.74. The van der Waals surface area contributed by atoms with Crippen LogP contribution in [0, 0.1) is 0 Å². The molecule has 0 aliphatic rings. The smallest absolute Gasteiger partial charge is 0.196 e. The van der Waals surface area contributed by atoms with Crippen LogP contribution in [-0.4, -0.2) is 18.3 Å². The Morgan fingerprint density at radius 2 is 0.903 bits per heavy atom. The molecule has 0 unspecified atom stereocenters. The predicted molar refractivity (Wildman–Crippen MR) is 119 cm³/mol. The highest BCUT2D eigenvalue weighted by molar-refractivity contribution is 7.95. The van der Waals surface area contributed by atoms with Crippen LogP contribution in [0.1, 0.15) is 25.7 Å². The molecule has 0 saturated carbocycles. The topological polar surface area (TPSA) is 0 Å². The van der Waals surface area contributed by atoms with Crippen LogP contribution in [0.25, 0.3) is 0 Å². The van der Waals surface area contributed by atoms with Gasteiger partial charge in [-0.05, 0) is 55.7 Å². The summed E-state index contributed by atoms with van der Waals surface area (Å²) in [5, 5.41) is 3.52. The van der Waals surface area contributed by atoms with Gasteiger partial charge in [0.05, 0.1) is 6.16 Å². The van der Waals surface area contributed by atoms with Crippen LogP contribution in [0.4, 0.5) is 22.0 Å². The second kappa shape index (κ2) is 9.91. The number of alkyl halides is 5. The lowest BCUT2D eigenvalue weighted by Crippen LogP contribution is -2.36. The lowest BCUT2D eigenvalue weighted by molar-refractivity contribution is -0.284. The summed E-state index contributed by atoms with van der Waals surface area (Å²) in [4.78, 5) is 0. The van der Waals surface area contributed by atoms with E-state index in [4.69, 9.17) is 0 Å². The van der Waals surface area contributed by atoms with Crippen molar-refractivity contribution < 1.29 is 22.0 Å². The molecule has 0 N–H and O–H groups in total. The Balaban J connectivity index is 1.88. The third kappa shape index (κ3) is 5.33. The van der Waals surface area contributed by atoms with E-state index in [-0.39, 0.29) is 6.42 Å². The lowest BCUT2D eigenvalue weighted by atomic mass is 10.1. The van der Waals surface area contributed by atoms with Crippen LogP contribution >= 0.6 is 7.26 Å². The average Bonchev–Trinajstić information content (AvgIpc) is 2.77. The second-order valence-electron chi connectivity index (χ2n) is 7.55. The van der Waals surface area contributed by atoms with Crippen LogP contribution in [0.2, 0.25) is 0 Å². The molecule has 3 aromatic rings. The summed E-state index contributed by atoms with van der Waals surface area (Å²) in [5.74, 6) is -4.63. The number of hydrogen-bond donors (Lipinski definition) is 0. The zero-order valence-electron chi connectivity index (χ0n) is 17.0. The maximum absolute atomic E-state index is 13.3. The van der Waals surface area contributed by atoms with Crippen LogP contribution in [-0.2, 0) is 0 Å². The summed E-state index contributed by atoms with van der Waals surface area (Å²) < 4.78 is 63.9. The molecule has 0 atom stereocenters. The van der Waals surface area contributed by atoms with Gasteiger partial charge in [0.2, 0.25) is 0 Å². The van der Waals surface area contributed by atoms with Crippen molar-refractivity contribution in [1.82, 2.24) is 0 Å². The summed E-state index contributed by atoms with van der Waals surface area (Å²) >= 11 is 0. The van der Waals surface area contributed by atoms with Crippen molar-refractivity contribution in [1.29, 1.82) is 0 Å². The number of unbranched alkanes of at least 4 members (excludes halogenated alkanes) is 2. The molecule has 164 valence electrons. The number of benzene rings is 3. The van der Waals surface area contributed by atoms with Crippen LogP contribution in [0.5, 0.6) is 0 Å². The molecule has 6 heteroatoms. The molecular weight excluding hydrogens is 426 g/mol. The van der Waals surface area contributed by atoms with Crippen LogP contribution in [0.3, 0.4) is 0 Å². The Morgan fingerprint density at radius 1 is 0.516 bits per heavy atom. The molecule has 0 radical (unpaired) electrons. The molecule has 0 aliphatic carbocycles. The number of hydrogen-bond acceptors (Lipinski definition) is 0. The molecule has 0 saturated heterocycles. The van der Waals surface area contributed by atoms with E-state index in [2.05, 4.69) is 36.4 Å². The van der Waals surface area contributed by atoms with E-state index >= 15 is 0 Å². The minimum atomic E-state index is -5.48. The van der Waals surface area contributed by atoms with Gasteiger partial charge >= 0.3 is 12.1 Å². The fourth-order valence-electron chi connectivity index (χ4n) is 3.90. The minimum Gasteiger partial charge on any atom is -0.196 e. The van der Waals surface area contributed by atoms with E-state index in [1.165, 1.54) is 15.9 Å². The molecule has 3 aromatic carbocycles. The maximum atomic E-state index is 13.3. The third-order valence-corrected chi connectivity index (χ3v) is 10.0. The first-order valence-corrected chi connectivity index (χ1v) is 12.2. The number of rotatable bonds is 9. The van der Waals surface area contributed by atoms with E-state index in [1.54, 1.807) is 0 Å². The fraction of sp³-hybridized carbons (Fsp3) is 0.280. The highest BCUT2D eigenvalue weighted by Crippen LogP contribution is 2.56. The first-order chi connectivity index (χ1) is 14.8. The Morgan fingerprint density at radius 3 is 1.26 bits per heavy atom. The van der Waals surface area contributed by atoms with Gasteiger partial charge in [0.15, 0.2) is 0 Å². The van der Waals surface area contributed by atoms with Gasteiger partial charge in [-0.15, -0.1) is 0 Å². The van der Waals surface area contributed by atoms with Crippen molar-refractivity contribution in [3.8, 4) is 0 Å². The van der Waals surface area contributed by atoms with Gasteiger partial charge in [-0.3, -0.25) is 0 Å². The van der Waals surface area contributed by atoms with E-state index in [0.29, 0.717) is 19.0 Å². The average molecular weight is 451 g/mol. The normalized spacial score (nSPS) is 12.7. The third-order valence-electron chi connectivity index (χ3n) is 5.49.